The van der Waals surface area contributed by atoms with E-state index in [-0.39, 0.29) is 6.04 Å². The zero-order chi connectivity index (χ0) is 14.0. The van der Waals surface area contributed by atoms with Gasteiger partial charge in [0.25, 0.3) is 0 Å². The molecule has 0 saturated carbocycles. The number of hydrogen-bond acceptors (Lipinski definition) is 4. The summed E-state index contributed by atoms with van der Waals surface area (Å²) < 4.78 is 1.19. The molecule has 0 bridgehead atoms. The number of halogens is 1. The summed E-state index contributed by atoms with van der Waals surface area (Å²) in [6, 6.07) is 2.44. The van der Waals surface area contributed by atoms with E-state index in [9.17, 15) is 0 Å². The Bertz CT molecular complexity index is 540. The second-order valence-electron chi connectivity index (χ2n) is 4.45. The van der Waals surface area contributed by atoms with Crippen molar-refractivity contribution in [3.8, 4) is 0 Å². The van der Waals surface area contributed by atoms with E-state index in [0.29, 0.717) is 0 Å². The minimum absolute atomic E-state index is 0.226. The fourth-order valence-electron chi connectivity index (χ4n) is 2.04. The van der Waals surface area contributed by atoms with Crippen LogP contribution in [-0.4, -0.2) is 11.5 Å². The Morgan fingerprint density at radius 2 is 2.00 bits per heavy atom. The maximum Gasteiger partial charge on any atom is 0.115 e. The number of rotatable bonds is 5. The molecule has 0 aromatic carbocycles. The van der Waals surface area contributed by atoms with Crippen LogP contribution in [0.4, 0.5) is 0 Å². The first-order chi connectivity index (χ1) is 9.06. The summed E-state index contributed by atoms with van der Waals surface area (Å²) in [5, 5.41) is 4.74. The topological polar surface area (TPSA) is 24.9 Å². The highest BCUT2D eigenvalue weighted by molar-refractivity contribution is 9.10. The molecule has 1 atom stereocenters. The van der Waals surface area contributed by atoms with Crippen LogP contribution < -0.4 is 5.32 Å². The molecule has 0 aliphatic carbocycles. The molecule has 0 aliphatic rings. The first-order valence-corrected chi connectivity index (χ1v) is 8.94. The molecule has 2 rings (SSSR count). The normalized spacial score (nSPS) is 12.9. The van der Waals surface area contributed by atoms with Crippen LogP contribution in [0.5, 0.6) is 0 Å². The average molecular weight is 359 g/mol. The van der Waals surface area contributed by atoms with Gasteiger partial charge in [-0.05, 0) is 48.8 Å². The lowest BCUT2D eigenvalue weighted by atomic mass is 10.2. The quantitative estimate of drug-likeness (QED) is 0.826. The number of nitrogens with one attached hydrogen (secondary N) is 1. The van der Waals surface area contributed by atoms with Crippen molar-refractivity contribution in [3.05, 3.63) is 35.9 Å². The van der Waals surface area contributed by atoms with Gasteiger partial charge in [-0.2, -0.15) is 0 Å². The van der Waals surface area contributed by atoms with E-state index >= 15 is 0 Å². The second kappa shape index (κ2) is 6.48. The lowest BCUT2D eigenvalue weighted by Gasteiger charge is -2.13. The number of thiazole rings is 1. The highest BCUT2D eigenvalue weighted by Crippen LogP contribution is 2.35. The molecule has 0 spiro atoms. The summed E-state index contributed by atoms with van der Waals surface area (Å²) in [6.07, 6.45) is 1.01. The number of hydrogen-bond donors (Lipinski definition) is 1. The fraction of sp³-hybridized carbons (Fsp3) is 0.500. The van der Waals surface area contributed by atoms with Gasteiger partial charge in [-0.15, -0.1) is 22.7 Å². The third-order valence-corrected chi connectivity index (χ3v) is 6.34. The van der Waals surface area contributed by atoms with Crippen LogP contribution in [0.25, 0.3) is 0 Å². The van der Waals surface area contributed by atoms with E-state index in [4.69, 9.17) is 4.98 Å². The number of nitrogens with zero attached hydrogens (tertiary/aromatic N) is 1. The van der Waals surface area contributed by atoms with Crippen LogP contribution in [0.1, 0.15) is 45.2 Å². The van der Waals surface area contributed by atoms with Gasteiger partial charge < -0.3 is 5.32 Å². The monoisotopic (exact) mass is 358 g/mol. The van der Waals surface area contributed by atoms with Crippen LogP contribution >= 0.6 is 38.6 Å². The Morgan fingerprint density at radius 3 is 2.47 bits per heavy atom. The molecule has 1 unspecified atom stereocenters. The zero-order valence-electron chi connectivity index (χ0n) is 11.7. The van der Waals surface area contributed by atoms with Gasteiger partial charge in [0, 0.05) is 19.1 Å². The lowest BCUT2D eigenvalue weighted by molar-refractivity contribution is 0.634. The second-order valence-corrected chi connectivity index (χ2v) is 7.83. The SMILES string of the molecule is CCNC(c1cc(Br)c(C)s1)c1nc(CC)c(C)s1. The molecule has 2 aromatic rings. The fourth-order valence-corrected chi connectivity index (χ4v) is 4.86. The Morgan fingerprint density at radius 1 is 1.26 bits per heavy atom. The van der Waals surface area contributed by atoms with Gasteiger partial charge in [0.05, 0.1) is 11.7 Å². The predicted molar refractivity (Wildman–Crippen MR) is 88.5 cm³/mol. The predicted octanol–water partition coefficient (Wildman–Crippen LogP) is 4.85. The van der Waals surface area contributed by atoms with E-state index < -0.39 is 0 Å². The molecule has 19 heavy (non-hydrogen) atoms. The highest BCUT2D eigenvalue weighted by atomic mass is 79.9. The minimum Gasteiger partial charge on any atom is -0.304 e. The van der Waals surface area contributed by atoms with Gasteiger partial charge in [0.2, 0.25) is 0 Å². The molecule has 2 nitrogen and oxygen atoms in total. The van der Waals surface area contributed by atoms with Crippen molar-refractivity contribution in [1.82, 2.24) is 10.3 Å². The van der Waals surface area contributed by atoms with E-state index in [1.165, 1.54) is 29.8 Å². The molecular weight excluding hydrogens is 340 g/mol. The van der Waals surface area contributed by atoms with Gasteiger partial charge in [-0.25, -0.2) is 4.98 Å². The molecule has 0 amide bonds. The highest BCUT2D eigenvalue weighted by Gasteiger charge is 2.21. The van der Waals surface area contributed by atoms with E-state index in [2.05, 4.69) is 55.0 Å². The van der Waals surface area contributed by atoms with Crippen LogP contribution in [0.2, 0.25) is 0 Å². The Labute approximate surface area is 131 Å². The van der Waals surface area contributed by atoms with Crippen molar-refractivity contribution in [1.29, 1.82) is 0 Å². The average Bonchev–Trinajstić information content (AvgIpc) is 2.90. The van der Waals surface area contributed by atoms with Crippen molar-refractivity contribution in [2.24, 2.45) is 0 Å². The van der Waals surface area contributed by atoms with E-state index in [0.717, 1.165) is 13.0 Å². The Balaban J connectivity index is 2.38. The van der Waals surface area contributed by atoms with Crippen molar-refractivity contribution >= 4 is 38.6 Å². The standard InChI is InChI=1S/C14H19BrN2S2/c1-5-11-9(4)19-14(17-11)13(16-6-2)12-7-10(15)8(3)18-12/h7,13,16H,5-6H2,1-4H3. The minimum atomic E-state index is 0.226. The summed E-state index contributed by atoms with van der Waals surface area (Å²) in [5.41, 5.74) is 1.23. The summed E-state index contributed by atoms with van der Waals surface area (Å²) >= 11 is 7.26. The molecule has 0 aliphatic heterocycles. The number of aryl methyl sites for hydroxylation is 3. The van der Waals surface area contributed by atoms with Crippen LogP contribution in [0.15, 0.2) is 10.5 Å². The first kappa shape index (κ1) is 15.2. The van der Waals surface area contributed by atoms with Crippen molar-refractivity contribution in [3.63, 3.8) is 0 Å². The van der Waals surface area contributed by atoms with Crippen molar-refractivity contribution < 1.29 is 0 Å². The smallest absolute Gasteiger partial charge is 0.115 e. The van der Waals surface area contributed by atoms with Crippen LogP contribution in [0, 0.1) is 13.8 Å². The molecule has 2 heterocycles. The van der Waals surface area contributed by atoms with Gasteiger partial charge in [0.15, 0.2) is 0 Å². The maximum absolute atomic E-state index is 4.81. The van der Waals surface area contributed by atoms with E-state index in [1.54, 1.807) is 0 Å². The molecule has 2 aromatic heterocycles. The maximum atomic E-state index is 4.81. The summed E-state index contributed by atoms with van der Waals surface area (Å²) in [4.78, 5) is 8.81. The first-order valence-electron chi connectivity index (χ1n) is 6.52. The number of thiophene rings is 1. The number of aromatic nitrogens is 1. The van der Waals surface area contributed by atoms with Crippen LogP contribution in [-0.2, 0) is 6.42 Å². The van der Waals surface area contributed by atoms with Gasteiger partial charge in [-0.1, -0.05) is 13.8 Å². The van der Waals surface area contributed by atoms with Gasteiger partial charge >= 0.3 is 0 Å². The van der Waals surface area contributed by atoms with Crippen molar-refractivity contribution in [2.45, 2.75) is 40.2 Å². The van der Waals surface area contributed by atoms with Gasteiger partial charge in [-0.3, -0.25) is 0 Å². The van der Waals surface area contributed by atoms with Crippen molar-refractivity contribution in [2.75, 3.05) is 6.54 Å². The van der Waals surface area contributed by atoms with Gasteiger partial charge in [0.1, 0.15) is 5.01 Å². The molecule has 0 fully saturated rings. The molecule has 104 valence electrons. The third kappa shape index (κ3) is 3.27. The Kier molecular flexibility index (Phi) is 5.17. The molecular formula is C14H19BrN2S2. The zero-order valence-corrected chi connectivity index (χ0v) is 14.9. The van der Waals surface area contributed by atoms with Crippen LogP contribution in [0.3, 0.4) is 0 Å². The van der Waals surface area contributed by atoms with E-state index in [1.807, 2.05) is 22.7 Å². The largest absolute Gasteiger partial charge is 0.304 e. The summed E-state index contributed by atoms with van der Waals surface area (Å²) in [6.45, 7) is 9.56. The molecule has 0 saturated heterocycles. The summed E-state index contributed by atoms with van der Waals surface area (Å²) in [7, 11) is 0. The summed E-state index contributed by atoms with van der Waals surface area (Å²) in [5.74, 6) is 0. The Hall–Kier alpha value is -0.230. The molecule has 1 N–H and O–H groups in total. The lowest BCUT2D eigenvalue weighted by Crippen LogP contribution is -2.21. The molecule has 5 heteroatoms. The third-order valence-electron chi connectivity index (χ3n) is 3.06. The molecule has 0 radical (unpaired) electrons.